The molecule has 0 radical (unpaired) electrons. The number of nitrogen functional groups attached to an aromatic ring is 2. The highest BCUT2D eigenvalue weighted by Crippen LogP contribution is 2.44. The first-order chi connectivity index (χ1) is 14.7. The van der Waals surface area contributed by atoms with Crippen LogP contribution in [0.1, 0.15) is 29.7 Å². The third kappa shape index (κ3) is 4.83. The topological polar surface area (TPSA) is 108 Å². The summed E-state index contributed by atoms with van der Waals surface area (Å²) in [5, 5.41) is 3.65. The van der Waals surface area contributed by atoms with E-state index in [4.69, 9.17) is 11.5 Å². The first kappa shape index (κ1) is 22.4. The Morgan fingerprint density at radius 2 is 1.97 bits per heavy atom. The first-order valence-corrected chi connectivity index (χ1v) is 12.2. The predicted octanol–water partition coefficient (Wildman–Crippen LogP) is 1.46. The summed E-state index contributed by atoms with van der Waals surface area (Å²) in [6.45, 7) is 2.52. The number of anilines is 2. The minimum Gasteiger partial charge on any atom is -0.396 e. The van der Waals surface area contributed by atoms with Crippen molar-refractivity contribution >= 4 is 34.0 Å². The standard InChI is InChI=1S/C22H36N6O2S/c1-26(2)7-6-25-22(30)28(11-13-4-5-13)21(29)15-8-14-9-16-18(31-20(24)19(16)23)10-17(14)27(3)12-15/h13-15,17H,4-12,23-24H2,1-3H3,(H,25,30)/t14-,15-,17-/m1/s1. The number of amides is 3. The number of likely N-dealkylation sites (N-methyl/N-ethyl adjacent to an activating group) is 2. The maximum Gasteiger partial charge on any atom is 0.324 e. The van der Waals surface area contributed by atoms with Crippen LogP contribution in [-0.2, 0) is 17.6 Å². The van der Waals surface area contributed by atoms with Crippen LogP contribution >= 0.6 is 11.3 Å². The average molecular weight is 449 g/mol. The maximum absolute atomic E-state index is 13.5. The molecule has 3 atom stereocenters. The van der Waals surface area contributed by atoms with Gasteiger partial charge in [0, 0.05) is 37.1 Å². The van der Waals surface area contributed by atoms with Gasteiger partial charge in [0.05, 0.1) is 11.6 Å². The lowest BCUT2D eigenvalue weighted by Gasteiger charge is -2.45. The van der Waals surface area contributed by atoms with Gasteiger partial charge in [0.15, 0.2) is 0 Å². The minimum atomic E-state index is -0.246. The molecule has 1 aliphatic heterocycles. The summed E-state index contributed by atoms with van der Waals surface area (Å²) in [6.07, 6.45) is 4.82. The van der Waals surface area contributed by atoms with Crippen LogP contribution in [0.3, 0.4) is 0 Å². The van der Waals surface area contributed by atoms with Gasteiger partial charge in [-0.05, 0) is 70.6 Å². The van der Waals surface area contributed by atoms with Gasteiger partial charge in [-0.1, -0.05) is 0 Å². The molecule has 0 unspecified atom stereocenters. The third-order valence-electron chi connectivity index (χ3n) is 7.06. The van der Waals surface area contributed by atoms with Crippen LogP contribution in [0.2, 0.25) is 0 Å². The van der Waals surface area contributed by atoms with Crippen molar-refractivity contribution in [3.05, 3.63) is 10.4 Å². The molecule has 3 aliphatic rings. The normalized spacial score (nSPS) is 25.7. The van der Waals surface area contributed by atoms with Crippen molar-refractivity contribution in [3.8, 4) is 0 Å². The summed E-state index contributed by atoms with van der Waals surface area (Å²) in [5.41, 5.74) is 14.2. The lowest BCUT2D eigenvalue weighted by atomic mass is 9.74. The fraction of sp³-hybridized carbons (Fsp3) is 0.727. The van der Waals surface area contributed by atoms with Gasteiger partial charge in [-0.15, -0.1) is 11.3 Å². The van der Waals surface area contributed by atoms with Crippen molar-refractivity contribution in [2.24, 2.45) is 17.8 Å². The molecule has 9 heteroatoms. The summed E-state index contributed by atoms with van der Waals surface area (Å²) in [5.74, 6) is 0.631. The van der Waals surface area contributed by atoms with Gasteiger partial charge in [-0.25, -0.2) is 4.79 Å². The largest absolute Gasteiger partial charge is 0.396 e. The van der Waals surface area contributed by atoms with Crippen molar-refractivity contribution in [2.75, 3.05) is 58.8 Å². The molecule has 0 bridgehead atoms. The number of imide groups is 1. The zero-order valence-electron chi connectivity index (χ0n) is 18.9. The molecule has 8 nitrogen and oxygen atoms in total. The predicted molar refractivity (Wildman–Crippen MR) is 125 cm³/mol. The van der Waals surface area contributed by atoms with Gasteiger partial charge in [0.25, 0.3) is 0 Å². The molecule has 31 heavy (non-hydrogen) atoms. The highest BCUT2D eigenvalue weighted by Gasteiger charge is 2.43. The van der Waals surface area contributed by atoms with Crippen LogP contribution < -0.4 is 16.8 Å². The van der Waals surface area contributed by atoms with E-state index in [-0.39, 0.29) is 17.9 Å². The Morgan fingerprint density at radius 1 is 1.23 bits per heavy atom. The van der Waals surface area contributed by atoms with E-state index in [9.17, 15) is 9.59 Å². The first-order valence-electron chi connectivity index (χ1n) is 11.3. The Balaban J connectivity index is 1.45. The number of nitrogens with zero attached hydrogens (tertiary/aromatic N) is 3. The number of nitrogens with one attached hydrogen (secondary N) is 1. The summed E-state index contributed by atoms with van der Waals surface area (Å²) >= 11 is 1.61. The lowest BCUT2D eigenvalue weighted by Crippen LogP contribution is -2.56. The fourth-order valence-electron chi connectivity index (χ4n) is 5.08. The number of urea groups is 1. The quantitative estimate of drug-likeness (QED) is 0.608. The third-order valence-corrected chi connectivity index (χ3v) is 8.16. The zero-order chi connectivity index (χ0) is 22.3. The molecule has 1 saturated carbocycles. The van der Waals surface area contributed by atoms with Gasteiger partial charge < -0.3 is 26.6 Å². The van der Waals surface area contributed by atoms with E-state index in [0.717, 1.165) is 44.3 Å². The van der Waals surface area contributed by atoms with Crippen molar-refractivity contribution in [1.29, 1.82) is 0 Å². The Bertz CT molecular complexity index is 836. The van der Waals surface area contributed by atoms with E-state index < -0.39 is 0 Å². The maximum atomic E-state index is 13.5. The smallest absolute Gasteiger partial charge is 0.324 e. The number of carbonyl (C=O) groups is 2. The minimum absolute atomic E-state index is 0.0249. The van der Waals surface area contributed by atoms with E-state index in [2.05, 4.69) is 17.3 Å². The van der Waals surface area contributed by atoms with Crippen molar-refractivity contribution in [3.63, 3.8) is 0 Å². The molecular formula is C22H36N6O2S. The number of fused-ring (bicyclic) bond motifs is 2. The van der Waals surface area contributed by atoms with Gasteiger partial charge in [0.1, 0.15) is 5.00 Å². The monoisotopic (exact) mass is 448 g/mol. The van der Waals surface area contributed by atoms with Crippen LogP contribution in [0, 0.1) is 17.8 Å². The molecule has 0 spiro atoms. The lowest BCUT2D eigenvalue weighted by molar-refractivity contribution is -0.136. The fourth-order valence-corrected chi connectivity index (χ4v) is 6.15. The average Bonchev–Trinajstić information content (AvgIpc) is 3.50. The number of likely N-dealkylation sites (tertiary alicyclic amines) is 1. The molecule has 2 aliphatic carbocycles. The van der Waals surface area contributed by atoms with Crippen LogP contribution in [0.15, 0.2) is 0 Å². The summed E-state index contributed by atoms with van der Waals surface area (Å²) in [7, 11) is 6.04. The number of hydrogen-bond acceptors (Lipinski definition) is 7. The van der Waals surface area contributed by atoms with Gasteiger partial charge in [-0.3, -0.25) is 9.69 Å². The molecule has 1 aromatic rings. The number of thiophene rings is 1. The second-order valence-corrected chi connectivity index (χ2v) is 11.0. The summed E-state index contributed by atoms with van der Waals surface area (Å²) < 4.78 is 0. The van der Waals surface area contributed by atoms with Crippen molar-refractivity contribution < 1.29 is 9.59 Å². The molecule has 4 rings (SSSR count). The number of rotatable bonds is 6. The molecule has 5 N–H and O–H groups in total. The Kier molecular flexibility index (Phi) is 6.46. The molecule has 3 amide bonds. The van der Waals surface area contributed by atoms with Crippen LogP contribution in [0.5, 0.6) is 0 Å². The van der Waals surface area contributed by atoms with Crippen LogP contribution in [-0.4, -0.2) is 80.0 Å². The summed E-state index contributed by atoms with van der Waals surface area (Å²) in [4.78, 5) is 33.5. The molecule has 1 aromatic heterocycles. The highest BCUT2D eigenvalue weighted by molar-refractivity contribution is 7.16. The number of carbonyl (C=O) groups excluding carboxylic acids is 2. The van der Waals surface area contributed by atoms with E-state index in [1.165, 1.54) is 15.3 Å². The molecule has 1 saturated heterocycles. The highest BCUT2D eigenvalue weighted by atomic mass is 32.1. The number of piperidine rings is 1. The summed E-state index contributed by atoms with van der Waals surface area (Å²) in [6, 6.07) is 0.157. The van der Waals surface area contributed by atoms with Crippen molar-refractivity contribution in [1.82, 2.24) is 20.0 Å². The van der Waals surface area contributed by atoms with Crippen molar-refractivity contribution in [2.45, 2.75) is 38.1 Å². The Hall–Kier alpha value is -1.84. The Labute approximate surface area is 188 Å². The van der Waals surface area contributed by atoms with E-state index in [1.54, 1.807) is 11.3 Å². The zero-order valence-corrected chi connectivity index (χ0v) is 19.7. The second-order valence-electron chi connectivity index (χ2n) is 9.82. The number of hydrogen-bond donors (Lipinski definition) is 3. The van der Waals surface area contributed by atoms with E-state index in [0.29, 0.717) is 42.5 Å². The molecule has 2 heterocycles. The Morgan fingerprint density at radius 3 is 2.65 bits per heavy atom. The van der Waals surface area contributed by atoms with Gasteiger partial charge in [0.2, 0.25) is 5.91 Å². The molecule has 172 valence electrons. The van der Waals surface area contributed by atoms with E-state index in [1.807, 2.05) is 19.0 Å². The van der Waals surface area contributed by atoms with E-state index >= 15 is 0 Å². The SMILES string of the molecule is CN(C)CCNC(=O)N(CC1CC1)C(=O)[C@@H]1C[C@@H]2Cc3c(sc(N)c3N)C[C@H]2N(C)C1. The molecular weight excluding hydrogens is 412 g/mol. The molecule has 2 fully saturated rings. The second kappa shape index (κ2) is 8.96. The number of nitrogens with two attached hydrogens (primary N) is 2. The van der Waals surface area contributed by atoms with Crippen LogP contribution in [0.4, 0.5) is 15.5 Å². The van der Waals surface area contributed by atoms with Gasteiger partial charge >= 0.3 is 6.03 Å². The van der Waals surface area contributed by atoms with Crippen LogP contribution in [0.25, 0.3) is 0 Å². The molecule has 0 aromatic carbocycles. The van der Waals surface area contributed by atoms with Gasteiger partial charge in [-0.2, -0.15) is 0 Å².